The second kappa shape index (κ2) is 10.4. The summed E-state index contributed by atoms with van der Waals surface area (Å²) in [6.45, 7) is 10.0. The van der Waals surface area contributed by atoms with E-state index in [4.69, 9.17) is 4.74 Å². The molecule has 1 rings (SSSR count). The first kappa shape index (κ1) is 19.6. The smallest absolute Gasteiger partial charge is 0.318 e. The number of carbonyl (C=O) groups is 3. The van der Waals surface area contributed by atoms with Gasteiger partial charge in [0, 0.05) is 13.0 Å². The Morgan fingerprint density at radius 1 is 1.24 bits per heavy atom. The first-order valence-electron chi connectivity index (χ1n) is 7.94. The van der Waals surface area contributed by atoms with Crippen LogP contribution in [0.25, 0.3) is 0 Å². The molecule has 21 heavy (non-hydrogen) atoms. The molecule has 0 aliphatic carbocycles. The highest BCUT2D eigenvalue weighted by molar-refractivity contribution is 6.05. The molecule has 0 N–H and O–H groups in total. The second-order valence-electron chi connectivity index (χ2n) is 5.24. The number of carbonyl (C=O) groups excluding carboxylic acids is 3. The molecule has 0 radical (unpaired) electrons. The van der Waals surface area contributed by atoms with E-state index >= 15 is 0 Å². The molecule has 0 spiro atoms. The Morgan fingerprint density at radius 2 is 1.81 bits per heavy atom. The summed E-state index contributed by atoms with van der Waals surface area (Å²) >= 11 is 0. The number of hydrogen-bond donors (Lipinski definition) is 0. The van der Waals surface area contributed by atoms with Gasteiger partial charge in [0.25, 0.3) is 0 Å². The molecule has 1 fully saturated rings. The van der Waals surface area contributed by atoms with Crippen LogP contribution in [0.2, 0.25) is 0 Å². The van der Waals surface area contributed by atoms with Gasteiger partial charge in [0.05, 0.1) is 12.6 Å². The van der Waals surface area contributed by atoms with Gasteiger partial charge in [0.1, 0.15) is 5.92 Å². The summed E-state index contributed by atoms with van der Waals surface area (Å²) < 4.78 is 4.86. The van der Waals surface area contributed by atoms with Crippen molar-refractivity contribution in [3.63, 3.8) is 0 Å². The largest absolute Gasteiger partial charge is 0.465 e. The summed E-state index contributed by atoms with van der Waals surface area (Å²) in [5.41, 5.74) is 0. The van der Waals surface area contributed by atoms with Gasteiger partial charge in [-0.15, -0.1) is 0 Å². The normalized spacial score (nSPS) is 20.8. The van der Waals surface area contributed by atoms with E-state index in [-0.39, 0.29) is 24.8 Å². The topological polar surface area (TPSA) is 63.7 Å². The van der Waals surface area contributed by atoms with Gasteiger partial charge in [-0.3, -0.25) is 14.4 Å². The van der Waals surface area contributed by atoms with Crippen LogP contribution in [0.3, 0.4) is 0 Å². The molecule has 2 atom stereocenters. The fraction of sp³-hybridized carbons (Fsp3) is 0.812. The lowest BCUT2D eigenvalue weighted by Crippen LogP contribution is -2.35. The maximum absolute atomic E-state index is 11.9. The van der Waals surface area contributed by atoms with Crippen molar-refractivity contribution in [1.29, 1.82) is 0 Å². The van der Waals surface area contributed by atoms with Gasteiger partial charge in [0.2, 0.25) is 5.91 Å². The van der Waals surface area contributed by atoms with E-state index < -0.39 is 17.9 Å². The predicted octanol–water partition coefficient (Wildman–Crippen LogP) is 2.57. The number of esters is 1. The average molecular weight is 299 g/mol. The Morgan fingerprint density at radius 3 is 2.29 bits per heavy atom. The zero-order valence-corrected chi connectivity index (χ0v) is 14.0. The van der Waals surface area contributed by atoms with Crippen molar-refractivity contribution in [2.24, 2.45) is 5.92 Å². The number of ketones is 1. The summed E-state index contributed by atoms with van der Waals surface area (Å²) in [5.74, 6) is -1.58. The Balaban J connectivity index is 0.00000122. The summed E-state index contributed by atoms with van der Waals surface area (Å²) in [6.07, 6.45) is 3.42. The number of nitrogens with zero attached hydrogens (tertiary/aromatic N) is 1. The Hall–Kier alpha value is -1.39. The first-order chi connectivity index (χ1) is 9.94. The molecule has 0 aromatic rings. The predicted molar refractivity (Wildman–Crippen MR) is 81.8 cm³/mol. The van der Waals surface area contributed by atoms with Crippen molar-refractivity contribution in [2.45, 2.75) is 66.3 Å². The van der Waals surface area contributed by atoms with E-state index in [1.54, 1.807) is 13.8 Å². The molecule has 5 heteroatoms. The molecule has 1 saturated heterocycles. The second-order valence-corrected chi connectivity index (χ2v) is 5.24. The van der Waals surface area contributed by atoms with E-state index in [2.05, 4.69) is 13.8 Å². The van der Waals surface area contributed by atoms with E-state index in [0.29, 0.717) is 6.42 Å². The molecule has 2 unspecified atom stereocenters. The molecule has 5 nitrogen and oxygen atoms in total. The average Bonchev–Trinajstić information content (AvgIpc) is 2.74. The molecule has 1 heterocycles. The van der Waals surface area contributed by atoms with Crippen LogP contribution in [-0.4, -0.2) is 41.8 Å². The summed E-state index contributed by atoms with van der Waals surface area (Å²) in [4.78, 5) is 36.9. The van der Waals surface area contributed by atoms with Gasteiger partial charge < -0.3 is 9.64 Å². The minimum absolute atomic E-state index is 0.0514. The van der Waals surface area contributed by atoms with Crippen molar-refractivity contribution < 1.29 is 19.1 Å². The molecule has 0 aromatic heterocycles. The number of amides is 1. The maximum atomic E-state index is 11.9. The van der Waals surface area contributed by atoms with Crippen LogP contribution in [-0.2, 0) is 19.1 Å². The molecule has 1 amide bonds. The maximum Gasteiger partial charge on any atom is 0.318 e. The van der Waals surface area contributed by atoms with E-state index in [1.807, 2.05) is 6.92 Å². The van der Waals surface area contributed by atoms with Crippen LogP contribution in [0.5, 0.6) is 0 Å². The van der Waals surface area contributed by atoms with Gasteiger partial charge in [-0.05, 0) is 20.3 Å². The van der Waals surface area contributed by atoms with Crippen molar-refractivity contribution in [3.8, 4) is 0 Å². The number of unbranched alkanes of at least 4 members (excludes halogenated alkanes) is 1. The Labute approximate surface area is 128 Å². The zero-order valence-electron chi connectivity index (χ0n) is 14.0. The molecule has 0 bridgehead atoms. The summed E-state index contributed by atoms with van der Waals surface area (Å²) in [6, 6.07) is -0.510. The lowest BCUT2D eigenvalue weighted by molar-refractivity contribution is -0.150. The van der Waals surface area contributed by atoms with E-state index in [0.717, 1.165) is 12.8 Å². The summed E-state index contributed by atoms with van der Waals surface area (Å²) in [7, 11) is 0. The highest BCUT2D eigenvalue weighted by atomic mass is 16.5. The Kier molecular flexibility index (Phi) is 9.67. The van der Waals surface area contributed by atoms with Gasteiger partial charge in [-0.25, -0.2) is 0 Å². The lowest BCUT2D eigenvalue weighted by atomic mass is 10.1. The van der Waals surface area contributed by atoms with Crippen LogP contribution in [0.1, 0.15) is 60.3 Å². The van der Waals surface area contributed by atoms with E-state index in [9.17, 15) is 14.4 Å². The zero-order chi connectivity index (χ0) is 16.4. The Bertz CT molecular complexity index is 354. The molecule has 122 valence electrons. The third kappa shape index (κ3) is 5.86. The fourth-order valence-electron chi connectivity index (χ4n) is 2.11. The van der Waals surface area contributed by atoms with Crippen molar-refractivity contribution in [1.82, 2.24) is 4.90 Å². The lowest BCUT2D eigenvalue weighted by Gasteiger charge is -2.19. The van der Waals surface area contributed by atoms with Crippen molar-refractivity contribution in [3.05, 3.63) is 0 Å². The van der Waals surface area contributed by atoms with Crippen molar-refractivity contribution in [2.75, 3.05) is 13.2 Å². The molecule has 1 aliphatic rings. The molecule has 1 aliphatic heterocycles. The standard InChI is InChI=1S/C13H21NO4.C3H8/c1-4-6-7-11(15)14-8-10(12(16)9(14)3)13(17)18-5-2;1-3-2/h9-10H,4-8H2,1-3H3;3H2,1-2H3. The fourth-order valence-corrected chi connectivity index (χ4v) is 2.11. The van der Waals surface area contributed by atoms with Crippen LogP contribution in [0, 0.1) is 5.92 Å². The SMILES string of the molecule is CCC.CCCCC(=O)N1CC(C(=O)OCC)C(=O)C1C. The summed E-state index contributed by atoms with van der Waals surface area (Å²) in [5, 5.41) is 0. The highest BCUT2D eigenvalue weighted by Crippen LogP contribution is 2.22. The minimum Gasteiger partial charge on any atom is -0.465 e. The number of Topliss-reactive ketones (excluding diaryl/α,β-unsaturated/α-hetero) is 1. The number of ether oxygens (including phenoxy) is 1. The highest BCUT2D eigenvalue weighted by Gasteiger charge is 2.44. The third-order valence-corrected chi connectivity index (χ3v) is 3.24. The molecular formula is C16H29NO4. The van der Waals surface area contributed by atoms with Crippen LogP contribution < -0.4 is 0 Å². The van der Waals surface area contributed by atoms with Crippen LogP contribution in [0.15, 0.2) is 0 Å². The quantitative estimate of drug-likeness (QED) is 0.578. The number of rotatable bonds is 5. The van der Waals surface area contributed by atoms with Crippen LogP contribution >= 0.6 is 0 Å². The molecular weight excluding hydrogens is 270 g/mol. The van der Waals surface area contributed by atoms with Crippen LogP contribution in [0.4, 0.5) is 0 Å². The first-order valence-corrected chi connectivity index (χ1v) is 7.94. The van der Waals surface area contributed by atoms with E-state index in [1.165, 1.54) is 11.3 Å². The number of hydrogen-bond acceptors (Lipinski definition) is 4. The molecule has 0 aromatic carbocycles. The minimum atomic E-state index is -0.800. The molecule has 0 saturated carbocycles. The number of likely N-dealkylation sites (tertiary alicyclic amines) is 1. The van der Waals surface area contributed by atoms with Gasteiger partial charge in [-0.2, -0.15) is 0 Å². The monoisotopic (exact) mass is 299 g/mol. The third-order valence-electron chi connectivity index (χ3n) is 3.24. The van der Waals surface area contributed by atoms with Gasteiger partial charge in [-0.1, -0.05) is 33.6 Å². The van der Waals surface area contributed by atoms with Gasteiger partial charge >= 0.3 is 5.97 Å². The van der Waals surface area contributed by atoms with Gasteiger partial charge in [0.15, 0.2) is 5.78 Å². The van der Waals surface area contributed by atoms with Crippen molar-refractivity contribution >= 4 is 17.7 Å².